The number of ether oxygens (including phenoxy) is 1. The Balaban J connectivity index is 2.05. The Morgan fingerprint density at radius 2 is 2.15 bits per heavy atom. The number of thiophene rings is 1. The minimum atomic E-state index is -0.661. The Morgan fingerprint density at radius 3 is 2.78 bits per heavy atom. The number of amides is 1. The standard InChI is InChI=1S/C17H15N3O6S/c1-3-8(7-26-2)19-17(23)9-4-5-18-13-12(9)15(22)16-10(14(13)21)6-11(27-16)20(24)25/h4-6,8H,3,7H2,1-2H3,(H,19,23). The van der Waals surface area contributed by atoms with Crippen LogP contribution in [0.25, 0.3) is 0 Å². The number of aromatic nitrogens is 1. The summed E-state index contributed by atoms with van der Waals surface area (Å²) < 4.78 is 5.04. The number of carbonyl (C=O) groups is 3. The number of nitrogens with zero attached hydrogens (tertiary/aromatic N) is 2. The van der Waals surface area contributed by atoms with Gasteiger partial charge in [-0.05, 0) is 12.5 Å². The Hall–Kier alpha value is -2.98. The van der Waals surface area contributed by atoms with E-state index in [9.17, 15) is 24.5 Å². The van der Waals surface area contributed by atoms with E-state index < -0.39 is 22.4 Å². The van der Waals surface area contributed by atoms with Crippen LogP contribution in [-0.2, 0) is 4.74 Å². The first-order valence-electron chi connectivity index (χ1n) is 8.05. The Labute approximate surface area is 157 Å². The molecule has 0 radical (unpaired) electrons. The van der Waals surface area contributed by atoms with E-state index in [1.54, 1.807) is 0 Å². The lowest BCUT2D eigenvalue weighted by Crippen LogP contribution is -2.38. The second kappa shape index (κ2) is 7.33. The molecule has 1 aliphatic carbocycles. The summed E-state index contributed by atoms with van der Waals surface area (Å²) >= 11 is 0.617. The number of nitrogens with one attached hydrogen (secondary N) is 1. The summed E-state index contributed by atoms with van der Waals surface area (Å²) in [5.74, 6) is -1.76. The van der Waals surface area contributed by atoms with Crippen LogP contribution in [0.5, 0.6) is 0 Å². The number of pyridine rings is 1. The van der Waals surface area contributed by atoms with E-state index in [-0.39, 0.29) is 38.3 Å². The molecular formula is C17H15N3O6S. The molecule has 27 heavy (non-hydrogen) atoms. The molecule has 0 saturated heterocycles. The van der Waals surface area contributed by atoms with E-state index in [2.05, 4.69) is 10.3 Å². The molecule has 9 nitrogen and oxygen atoms in total. The number of carbonyl (C=O) groups excluding carboxylic acids is 3. The van der Waals surface area contributed by atoms with Crippen molar-refractivity contribution in [3.63, 3.8) is 0 Å². The highest BCUT2D eigenvalue weighted by atomic mass is 32.1. The van der Waals surface area contributed by atoms with E-state index in [4.69, 9.17) is 4.74 Å². The highest BCUT2D eigenvalue weighted by molar-refractivity contribution is 7.18. The maximum atomic E-state index is 12.9. The van der Waals surface area contributed by atoms with Crippen molar-refractivity contribution >= 4 is 33.8 Å². The van der Waals surface area contributed by atoms with Gasteiger partial charge in [-0.3, -0.25) is 29.5 Å². The second-order valence-electron chi connectivity index (χ2n) is 5.86. The van der Waals surface area contributed by atoms with E-state index in [0.717, 1.165) is 6.07 Å². The number of methoxy groups -OCH3 is 1. The van der Waals surface area contributed by atoms with E-state index in [1.165, 1.54) is 19.4 Å². The van der Waals surface area contributed by atoms with Gasteiger partial charge in [0.25, 0.3) is 5.91 Å². The van der Waals surface area contributed by atoms with Crippen molar-refractivity contribution in [2.24, 2.45) is 0 Å². The van der Waals surface area contributed by atoms with Crippen molar-refractivity contribution in [3.8, 4) is 0 Å². The molecule has 2 aromatic heterocycles. The van der Waals surface area contributed by atoms with Gasteiger partial charge in [0, 0.05) is 19.4 Å². The molecule has 0 fully saturated rings. The molecule has 0 aromatic carbocycles. The predicted molar refractivity (Wildman–Crippen MR) is 95.5 cm³/mol. The van der Waals surface area contributed by atoms with Gasteiger partial charge < -0.3 is 10.1 Å². The monoisotopic (exact) mass is 389 g/mol. The zero-order valence-electron chi connectivity index (χ0n) is 14.5. The minimum Gasteiger partial charge on any atom is -0.383 e. The molecule has 1 amide bonds. The van der Waals surface area contributed by atoms with Crippen LogP contribution in [0.15, 0.2) is 18.3 Å². The number of hydrogen-bond acceptors (Lipinski definition) is 8. The molecule has 140 valence electrons. The molecule has 2 heterocycles. The summed E-state index contributed by atoms with van der Waals surface area (Å²) in [5, 5.41) is 13.4. The molecule has 3 rings (SSSR count). The Kier molecular flexibility index (Phi) is 5.10. The normalized spacial score (nSPS) is 13.7. The molecule has 2 aromatic rings. The molecule has 1 unspecified atom stereocenters. The second-order valence-corrected chi connectivity index (χ2v) is 6.89. The molecule has 1 aliphatic rings. The summed E-state index contributed by atoms with van der Waals surface area (Å²) in [4.78, 5) is 52.5. The third-order valence-electron chi connectivity index (χ3n) is 4.18. The average Bonchev–Trinajstić information content (AvgIpc) is 3.11. The van der Waals surface area contributed by atoms with E-state index in [0.29, 0.717) is 24.4 Å². The highest BCUT2D eigenvalue weighted by Crippen LogP contribution is 2.37. The lowest BCUT2D eigenvalue weighted by molar-refractivity contribution is -0.380. The van der Waals surface area contributed by atoms with Crippen LogP contribution >= 0.6 is 11.3 Å². The average molecular weight is 389 g/mol. The summed E-state index contributed by atoms with van der Waals surface area (Å²) in [5.41, 5.74) is -0.348. The first kappa shape index (κ1) is 18.8. The van der Waals surface area contributed by atoms with Crippen LogP contribution in [0.3, 0.4) is 0 Å². The number of ketones is 2. The van der Waals surface area contributed by atoms with Gasteiger partial charge >= 0.3 is 5.00 Å². The summed E-state index contributed by atoms with van der Waals surface area (Å²) in [6, 6.07) is 2.16. The third-order valence-corrected chi connectivity index (χ3v) is 5.27. The molecule has 0 spiro atoms. The third kappa shape index (κ3) is 3.24. The number of nitro groups is 1. The lowest BCUT2D eigenvalue weighted by atomic mass is 9.89. The van der Waals surface area contributed by atoms with Crippen molar-refractivity contribution in [3.05, 3.63) is 55.7 Å². The van der Waals surface area contributed by atoms with Crippen molar-refractivity contribution in [2.45, 2.75) is 19.4 Å². The zero-order chi connectivity index (χ0) is 19.7. The lowest BCUT2D eigenvalue weighted by Gasteiger charge is -2.19. The summed E-state index contributed by atoms with van der Waals surface area (Å²) in [6.07, 6.45) is 1.88. The van der Waals surface area contributed by atoms with Gasteiger partial charge in [-0.25, -0.2) is 0 Å². The van der Waals surface area contributed by atoms with Gasteiger partial charge in [-0.2, -0.15) is 0 Å². The van der Waals surface area contributed by atoms with Crippen molar-refractivity contribution in [1.82, 2.24) is 10.3 Å². The van der Waals surface area contributed by atoms with E-state index >= 15 is 0 Å². The molecule has 1 N–H and O–H groups in total. The number of fused-ring (bicyclic) bond motifs is 2. The Morgan fingerprint density at radius 1 is 1.41 bits per heavy atom. The maximum Gasteiger partial charge on any atom is 0.325 e. The van der Waals surface area contributed by atoms with Crippen molar-refractivity contribution in [1.29, 1.82) is 0 Å². The van der Waals surface area contributed by atoms with Crippen LogP contribution < -0.4 is 5.32 Å². The van der Waals surface area contributed by atoms with Gasteiger partial charge in [-0.15, -0.1) is 0 Å². The molecule has 0 saturated carbocycles. The predicted octanol–water partition coefficient (Wildman–Crippen LogP) is 1.98. The van der Waals surface area contributed by atoms with Crippen molar-refractivity contribution < 1.29 is 24.0 Å². The van der Waals surface area contributed by atoms with Crippen LogP contribution in [-0.4, -0.2) is 47.1 Å². The molecule has 10 heteroatoms. The van der Waals surface area contributed by atoms with Crippen LogP contribution in [0.1, 0.15) is 55.0 Å². The fourth-order valence-corrected chi connectivity index (χ4v) is 3.74. The van der Waals surface area contributed by atoms with E-state index in [1.807, 2.05) is 6.92 Å². The van der Waals surface area contributed by atoms with Crippen molar-refractivity contribution in [2.75, 3.05) is 13.7 Å². The first-order valence-corrected chi connectivity index (χ1v) is 8.87. The SMILES string of the molecule is CCC(COC)NC(=O)c1ccnc2c1C(=O)c1sc([N+](=O)[O-])cc1C2=O. The van der Waals surface area contributed by atoms with Gasteiger partial charge in [0.05, 0.1) is 39.1 Å². The van der Waals surface area contributed by atoms with Crippen LogP contribution in [0.4, 0.5) is 5.00 Å². The Bertz CT molecular complexity index is 968. The topological polar surface area (TPSA) is 128 Å². The largest absolute Gasteiger partial charge is 0.383 e. The summed E-state index contributed by atoms with van der Waals surface area (Å²) in [7, 11) is 1.51. The van der Waals surface area contributed by atoms with Gasteiger partial charge in [-0.1, -0.05) is 18.3 Å². The number of rotatable bonds is 6. The smallest absolute Gasteiger partial charge is 0.325 e. The maximum absolute atomic E-state index is 12.9. The van der Waals surface area contributed by atoms with Gasteiger partial charge in [0.2, 0.25) is 11.6 Å². The van der Waals surface area contributed by atoms with Crippen LogP contribution in [0, 0.1) is 10.1 Å². The minimum absolute atomic E-state index is 0.00889. The molecule has 0 bridgehead atoms. The first-order chi connectivity index (χ1) is 12.9. The zero-order valence-corrected chi connectivity index (χ0v) is 15.3. The fraction of sp³-hybridized carbons (Fsp3) is 0.294. The fourth-order valence-electron chi connectivity index (χ4n) is 2.83. The quantitative estimate of drug-likeness (QED) is 0.504. The van der Waals surface area contributed by atoms with Gasteiger partial charge in [0.15, 0.2) is 0 Å². The summed E-state index contributed by atoms with van der Waals surface area (Å²) in [6.45, 7) is 2.17. The molecule has 0 aliphatic heterocycles. The molecular weight excluding hydrogens is 374 g/mol. The number of hydrogen-bond donors (Lipinski definition) is 1. The molecule has 1 atom stereocenters. The van der Waals surface area contributed by atoms with Crippen LogP contribution in [0.2, 0.25) is 0 Å². The van der Waals surface area contributed by atoms with Gasteiger partial charge in [0.1, 0.15) is 5.69 Å². The highest BCUT2D eigenvalue weighted by Gasteiger charge is 2.38.